The largest absolute Gasteiger partial charge is 0.454 e. The zero-order valence-electron chi connectivity index (χ0n) is 22.5. The van der Waals surface area contributed by atoms with Crippen LogP contribution in [0.2, 0.25) is 0 Å². The highest BCUT2D eigenvalue weighted by molar-refractivity contribution is 7.91. The Morgan fingerprint density at radius 2 is 1.89 bits per heavy atom. The molecule has 0 radical (unpaired) electrons. The van der Waals surface area contributed by atoms with Crippen molar-refractivity contribution in [1.82, 2.24) is 20.0 Å². The number of benzene rings is 1. The van der Waals surface area contributed by atoms with Crippen LogP contribution in [-0.2, 0) is 24.2 Å². The van der Waals surface area contributed by atoms with Gasteiger partial charge in [0.1, 0.15) is 11.9 Å². The van der Waals surface area contributed by atoms with Crippen LogP contribution in [0, 0.1) is 5.21 Å². The molecule has 1 aliphatic rings. The number of carbonyl (C=O) groups excluding carboxylic acids is 2. The first-order valence-electron chi connectivity index (χ1n) is 12.9. The molecule has 0 aliphatic carbocycles. The number of sulfone groups is 1. The standard InChI is InChI=1S/C24H26F2N6O11S/c25-24(26)19(36)15(13-33)42-22(24)31-11-9-16(29-23(31)37)28-18(35)8-7-17(34)27-10-4-12-41-20-21(32(38)43-30-20)44(39,40)14-5-2-1-3-6-14/h1-3,5-6,9,11,15,19,22,33,36H,4,7-8,10,12-13H2,(H,27,34)(H,28,29,35,37)/t15-,19-,22-/m1/s1. The number of aliphatic hydroxyl groups is 2. The molecule has 0 spiro atoms. The molecule has 3 aromatic rings. The summed E-state index contributed by atoms with van der Waals surface area (Å²) in [4.78, 5) is 39.6. The molecule has 20 heteroatoms. The van der Waals surface area contributed by atoms with E-state index < -0.39 is 69.2 Å². The maximum Gasteiger partial charge on any atom is 0.414 e. The van der Waals surface area contributed by atoms with E-state index in [0.717, 1.165) is 12.3 Å². The summed E-state index contributed by atoms with van der Waals surface area (Å²) in [6, 6.07) is 8.14. The van der Waals surface area contributed by atoms with Crippen molar-refractivity contribution in [3.8, 4) is 5.88 Å². The Morgan fingerprint density at radius 1 is 1.18 bits per heavy atom. The van der Waals surface area contributed by atoms with Crippen LogP contribution in [0.5, 0.6) is 5.88 Å². The molecular weight excluding hydrogens is 618 g/mol. The molecule has 0 saturated carbocycles. The van der Waals surface area contributed by atoms with Gasteiger partial charge < -0.3 is 35.5 Å². The van der Waals surface area contributed by atoms with E-state index in [1.807, 2.05) is 0 Å². The Kier molecular flexibility index (Phi) is 9.87. The molecule has 1 aromatic carbocycles. The number of carbonyl (C=O) groups is 2. The zero-order chi connectivity index (χ0) is 32.1. The molecule has 3 heterocycles. The van der Waals surface area contributed by atoms with Crippen LogP contribution in [0.1, 0.15) is 25.5 Å². The number of rotatable bonds is 13. The monoisotopic (exact) mass is 644 g/mol. The normalized spacial score (nSPS) is 19.4. The van der Waals surface area contributed by atoms with E-state index in [9.17, 15) is 41.9 Å². The van der Waals surface area contributed by atoms with E-state index in [2.05, 4.69) is 25.4 Å². The van der Waals surface area contributed by atoms with Gasteiger partial charge in [0.15, 0.2) is 6.10 Å². The third kappa shape index (κ3) is 6.98. The van der Waals surface area contributed by atoms with Crippen molar-refractivity contribution >= 4 is 27.5 Å². The summed E-state index contributed by atoms with van der Waals surface area (Å²) in [7, 11) is -4.28. The minimum absolute atomic E-state index is 0.0515. The second kappa shape index (κ2) is 13.4. The van der Waals surface area contributed by atoms with Gasteiger partial charge in [0, 0.05) is 25.6 Å². The molecule has 17 nitrogen and oxygen atoms in total. The zero-order valence-corrected chi connectivity index (χ0v) is 23.4. The molecule has 1 saturated heterocycles. The number of amides is 2. The Balaban J connectivity index is 1.20. The minimum atomic E-state index is -4.28. The summed E-state index contributed by atoms with van der Waals surface area (Å²) in [5, 5.41) is 37.9. The number of hydrogen-bond acceptors (Lipinski definition) is 13. The van der Waals surface area contributed by atoms with Crippen LogP contribution in [-0.4, -0.2) is 83.0 Å². The third-order valence-electron chi connectivity index (χ3n) is 6.23. The molecule has 1 aliphatic heterocycles. The predicted molar refractivity (Wildman–Crippen MR) is 139 cm³/mol. The van der Waals surface area contributed by atoms with Gasteiger partial charge in [-0.25, -0.2) is 13.2 Å². The van der Waals surface area contributed by atoms with Crippen LogP contribution < -0.4 is 26.0 Å². The van der Waals surface area contributed by atoms with Gasteiger partial charge in [-0.05, 0) is 29.5 Å². The summed E-state index contributed by atoms with van der Waals surface area (Å²) < 4.78 is 69.0. The third-order valence-corrected chi connectivity index (χ3v) is 7.95. The smallest absolute Gasteiger partial charge is 0.414 e. The fraction of sp³-hybridized carbons (Fsp3) is 0.417. The lowest BCUT2D eigenvalue weighted by Crippen LogP contribution is -2.41. The average molecular weight is 645 g/mol. The van der Waals surface area contributed by atoms with E-state index >= 15 is 0 Å². The van der Waals surface area contributed by atoms with Crippen LogP contribution in [0.4, 0.5) is 14.6 Å². The molecule has 3 atom stereocenters. The fourth-order valence-corrected chi connectivity index (χ4v) is 5.30. The molecule has 0 unspecified atom stereocenters. The van der Waals surface area contributed by atoms with Crippen molar-refractivity contribution < 1.29 is 56.0 Å². The topological polar surface area (TPSA) is 239 Å². The van der Waals surface area contributed by atoms with Crippen molar-refractivity contribution in [1.29, 1.82) is 0 Å². The molecule has 2 aromatic heterocycles. The fourth-order valence-electron chi connectivity index (χ4n) is 4.01. The minimum Gasteiger partial charge on any atom is -0.454 e. The maximum atomic E-state index is 14.3. The number of anilines is 1. The van der Waals surface area contributed by atoms with Crippen LogP contribution in [0.15, 0.2) is 61.9 Å². The molecule has 2 amide bonds. The molecule has 238 valence electrons. The highest BCUT2D eigenvalue weighted by atomic mass is 32.2. The number of aromatic nitrogens is 4. The van der Waals surface area contributed by atoms with Gasteiger partial charge in [0.2, 0.25) is 18.0 Å². The Morgan fingerprint density at radius 3 is 2.55 bits per heavy atom. The molecule has 4 rings (SSSR count). The lowest BCUT2D eigenvalue weighted by molar-refractivity contribution is -0.832. The summed E-state index contributed by atoms with van der Waals surface area (Å²) in [5.41, 5.74) is -1.22. The first-order valence-corrected chi connectivity index (χ1v) is 14.3. The number of hydrogen-bond donors (Lipinski definition) is 4. The summed E-state index contributed by atoms with van der Waals surface area (Å²) >= 11 is 0. The summed E-state index contributed by atoms with van der Waals surface area (Å²) in [6.07, 6.45) is -5.75. The van der Waals surface area contributed by atoms with Crippen molar-refractivity contribution in [2.45, 2.75) is 53.5 Å². The van der Waals surface area contributed by atoms with Crippen LogP contribution in [0.3, 0.4) is 0 Å². The van der Waals surface area contributed by atoms with Crippen molar-refractivity contribution in [3.05, 3.63) is 58.3 Å². The van der Waals surface area contributed by atoms with Gasteiger partial charge in [-0.3, -0.25) is 18.8 Å². The number of nitrogens with zero attached hydrogens (tertiary/aromatic N) is 4. The van der Waals surface area contributed by atoms with Gasteiger partial charge in [0.25, 0.3) is 9.84 Å². The summed E-state index contributed by atoms with van der Waals surface area (Å²) in [5.74, 6) is -5.98. The van der Waals surface area contributed by atoms with E-state index in [-0.39, 0.29) is 48.0 Å². The van der Waals surface area contributed by atoms with Crippen LogP contribution in [0.25, 0.3) is 0 Å². The van der Waals surface area contributed by atoms with Gasteiger partial charge in [-0.15, -0.1) is 0 Å². The first-order chi connectivity index (χ1) is 20.9. The molecule has 44 heavy (non-hydrogen) atoms. The lowest BCUT2D eigenvalue weighted by Gasteiger charge is -2.21. The van der Waals surface area contributed by atoms with E-state index in [1.165, 1.54) is 24.3 Å². The number of halogens is 2. The van der Waals surface area contributed by atoms with Crippen molar-refractivity contribution in [2.75, 3.05) is 25.1 Å². The van der Waals surface area contributed by atoms with Gasteiger partial charge >= 0.3 is 22.5 Å². The molecule has 4 N–H and O–H groups in total. The predicted octanol–water partition coefficient (Wildman–Crippen LogP) is -1.11. The van der Waals surface area contributed by atoms with Gasteiger partial charge in [0.05, 0.1) is 23.3 Å². The Labute approximate surface area is 246 Å². The second-order valence-corrected chi connectivity index (χ2v) is 11.2. The average Bonchev–Trinajstić information content (AvgIpc) is 3.48. The quantitative estimate of drug-likeness (QED) is 0.128. The van der Waals surface area contributed by atoms with Crippen molar-refractivity contribution in [3.63, 3.8) is 0 Å². The first kappa shape index (κ1) is 32.4. The Hall–Kier alpha value is -4.53. The molecule has 0 bridgehead atoms. The number of aliphatic hydroxyl groups excluding tert-OH is 2. The highest BCUT2D eigenvalue weighted by Gasteiger charge is 2.59. The maximum absolute atomic E-state index is 14.3. The number of nitrogens with one attached hydrogen (secondary N) is 2. The van der Waals surface area contributed by atoms with Crippen LogP contribution >= 0.6 is 0 Å². The van der Waals surface area contributed by atoms with Crippen molar-refractivity contribution in [2.24, 2.45) is 0 Å². The van der Waals surface area contributed by atoms with Gasteiger partial charge in [-0.2, -0.15) is 13.8 Å². The molecule has 1 fully saturated rings. The summed E-state index contributed by atoms with van der Waals surface area (Å²) in [6.45, 7) is -1.01. The van der Waals surface area contributed by atoms with Gasteiger partial charge in [-0.1, -0.05) is 18.2 Å². The second-order valence-electron chi connectivity index (χ2n) is 9.29. The number of ether oxygens (including phenoxy) is 2. The van der Waals surface area contributed by atoms with E-state index in [4.69, 9.17) is 14.6 Å². The Bertz CT molecular complexity index is 1650. The van der Waals surface area contributed by atoms with E-state index in [1.54, 1.807) is 6.07 Å². The molecular formula is C24H26F2N6O11S. The lowest BCUT2D eigenvalue weighted by atomic mass is 10.1. The SMILES string of the molecule is O=C(CCC(=O)Nc1ccn([C@@H]2O[C@H](CO)[C@@H](O)C2(F)F)c(=O)n1)NCCCOc1no[n+]([O-])c1S(=O)(=O)c1ccccc1. The van der Waals surface area contributed by atoms with E-state index in [0.29, 0.717) is 4.57 Å². The number of alkyl halides is 2. The highest BCUT2D eigenvalue weighted by Crippen LogP contribution is 2.42.